The Bertz CT molecular complexity index is 7780. The van der Waals surface area contributed by atoms with Gasteiger partial charge in [-0.3, -0.25) is 0 Å². The lowest BCUT2D eigenvalue weighted by Gasteiger charge is -2.12. The fourth-order valence-electron chi connectivity index (χ4n) is 16.7. The molecule has 0 N–H and O–H groups in total. The molecular weight excluding hydrogens is 1500 g/mol. The van der Waals surface area contributed by atoms with Crippen LogP contribution in [-0.2, 0) is 0 Å². The number of nitrogens with zero attached hydrogens (tertiary/aromatic N) is 6. The maximum Gasteiger partial charge on any atom is 0.160 e. The summed E-state index contributed by atoms with van der Waals surface area (Å²) < 4.78 is 7.52. The van der Waals surface area contributed by atoms with E-state index in [-0.39, 0.29) is 0 Å². The van der Waals surface area contributed by atoms with Crippen LogP contribution in [0, 0.1) is 0 Å². The first-order chi connectivity index (χ1) is 58.9. The van der Waals surface area contributed by atoms with Crippen LogP contribution in [0.2, 0.25) is 0 Å². The molecule has 0 aliphatic carbocycles. The van der Waals surface area contributed by atoms with Gasteiger partial charge in [0, 0.05) is 106 Å². The molecule has 0 spiro atoms. The molecule has 6 nitrogen and oxygen atoms in total. The van der Waals surface area contributed by atoms with Crippen LogP contribution < -0.4 is 0 Å². The van der Waals surface area contributed by atoms with Crippen molar-refractivity contribution in [3.63, 3.8) is 0 Å². The van der Waals surface area contributed by atoms with Crippen LogP contribution in [0.5, 0.6) is 0 Å². The quantitative estimate of drug-likeness (QED) is 0.114. The molecule has 9 heteroatoms. The van der Waals surface area contributed by atoms with E-state index in [0.29, 0.717) is 11.6 Å². The van der Waals surface area contributed by atoms with Crippen LogP contribution in [0.4, 0.5) is 0 Å². The van der Waals surface area contributed by atoms with Crippen molar-refractivity contribution in [1.29, 1.82) is 0 Å². The minimum absolute atomic E-state index is 0.697. The number of fused-ring (bicyclic) bond motifs is 13. The first-order valence-electron chi connectivity index (χ1n) is 39.9. The Labute approximate surface area is 699 Å². The van der Waals surface area contributed by atoms with Crippen molar-refractivity contribution in [2.45, 2.75) is 0 Å². The lowest BCUT2D eigenvalue weighted by atomic mass is 9.95. The summed E-state index contributed by atoms with van der Waals surface area (Å²) in [6.07, 6.45) is 0. The maximum atomic E-state index is 5.44. The fourth-order valence-corrected chi connectivity index (χ4v) is 20.4. The third-order valence-electron chi connectivity index (χ3n) is 22.6. The molecule has 0 amide bonds. The molecule has 556 valence electrons. The van der Waals surface area contributed by atoms with Crippen molar-refractivity contribution in [2.24, 2.45) is 0 Å². The number of thiophene rings is 3. The van der Waals surface area contributed by atoms with Gasteiger partial charge in [0.25, 0.3) is 0 Å². The zero-order chi connectivity index (χ0) is 78.7. The molecule has 23 aromatic rings. The molecule has 0 bridgehead atoms. The van der Waals surface area contributed by atoms with Crippen LogP contribution in [0.15, 0.2) is 413 Å². The van der Waals surface area contributed by atoms with E-state index in [1.807, 2.05) is 88.6 Å². The van der Waals surface area contributed by atoms with Gasteiger partial charge in [0.1, 0.15) is 0 Å². The van der Waals surface area contributed by atoms with Crippen molar-refractivity contribution < 1.29 is 0 Å². The first kappa shape index (κ1) is 70.8. The van der Waals surface area contributed by atoms with E-state index in [1.165, 1.54) is 116 Å². The van der Waals surface area contributed by atoms with Gasteiger partial charge in [0.15, 0.2) is 11.6 Å². The minimum atomic E-state index is 0.697. The lowest BCUT2D eigenvalue weighted by molar-refractivity contribution is 1.18. The zero-order valence-electron chi connectivity index (χ0n) is 64.2. The van der Waals surface area contributed by atoms with Crippen LogP contribution in [-0.4, -0.2) is 29.9 Å². The highest BCUT2D eigenvalue weighted by Gasteiger charge is 2.23. The van der Waals surface area contributed by atoms with Gasteiger partial charge in [-0.2, -0.15) is 0 Å². The Hall–Kier alpha value is -14.8. The molecular formula is C110H68N6S3. The van der Waals surface area contributed by atoms with E-state index in [4.69, 9.17) is 29.9 Å². The summed E-state index contributed by atoms with van der Waals surface area (Å²) >= 11 is 5.50. The van der Waals surface area contributed by atoms with E-state index in [0.717, 1.165) is 101 Å². The Balaban J connectivity index is 0.000000143. The Morgan fingerprint density at radius 2 is 0.462 bits per heavy atom. The smallest absolute Gasteiger partial charge is 0.160 e. The topological polar surface area (TPSA) is 77.3 Å². The van der Waals surface area contributed by atoms with Crippen molar-refractivity contribution in [3.05, 3.63) is 413 Å². The first-order valence-corrected chi connectivity index (χ1v) is 42.4. The van der Waals surface area contributed by atoms with Crippen LogP contribution >= 0.6 is 34.0 Å². The summed E-state index contributed by atoms with van der Waals surface area (Å²) in [6, 6.07) is 146. The van der Waals surface area contributed by atoms with Gasteiger partial charge in [-0.05, 0) is 134 Å². The Morgan fingerprint density at radius 3 is 0.966 bits per heavy atom. The largest absolute Gasteiger partial charge is 0.246 e. The average molecular weight is 1570 g/mol. The van der Waals surface area contributed by atoms with E-state index >= 15 is 0 Å². The summed E-state index contributed by atoms with van der Waals surface area (Å²) in [5.74, 6) is 1.40. The van der Waals surface area contributed by atoms with E-state index in [1.54, 1.807) is 0 Å². The van der Waals surface area contributed by atoms with Crippen molar-refractivity contribution >= 4 is 116 Å². The second-order valence-electron chi connectivity index (χ2n) is 29.9. The van der Waals surface area contributed by atoms with E-state index in [2.05, 4.69) is 358 Å². The second-order valence-corrected chi connectivity index (χ2v) is 33.1. The molecule has 0 fully saturated rings. The minimum Gasteiger partial charge on any atom is -0.246 e. The van der Waals surface area contributed by atoms with Gasteiger partial charge in [-0.15, -0.1) is 34.0 Å². The average Bonchev–Trinajstić information content (AvgIpc) is 1.72. The summed E-state index contributed by atoms with van der Waals surface area (Å²) in [4.78, 5) is 31.3. The molecule has 7 aromatic heterocycles. The van der Waals surface area contributed by atoms with Crippen LogP contribution in [0.1, 0.15) is 0 Å². The van der Waals surface area contributed by atoms with Crippen molar-refractivity contribution in [1.82, 2.24) is 29.9 Å². The van der Waals surface area contributed by atoms with Gasteiger partial charge >= 0.3 is 0 Å². The molecule has 0 atom stereocenters. The fraction of sp³-hybridized carbons (Fsp3) is 0. The van der Waals surface area contributed by atoms with E-state index in [9.17, 15) is 0 Å². The third kappa shape index (κ3) is 13.4. The standard InChI is InChI=1S/C55H33N3S2.C55H35N3S/c1-3-13-34(14-4-1)38-29-30-46-45(32-38)51-44-20-8-10-24-50(44)60-54(51)52(56-46)36-27-25-35(26-28-36)47-33-48(58-55(57-47)37-15-5-2-6-16-37)40-18-11-17-39(31-40)41-21-12-22-43-42-19-7-9-23-49(42)59-53(41)43;1-4-15-36(16-5-1)39-21-12-22-40(31-39)43-29-30-48-47(34-43)52-46-27-10-11-28-51(46)59-54(52)53(56-48)45-26-14-24-42(33-45)41-23-13-25-44(32-41)50-35-49(37-17-6-2-7-18-37)57-55(58-50)38-19-8-3-9-20-38/h1-33H;1-35H. The Kier molecular flexibility index (Phi) is 18.1. The molecule has 119 heavy (non-hydrogen) atoms. The predicted octanol–water partition coefficient (Wildman–Crippen LogP) is 30.8. The monoisotopic (exact) mass is 1570 g/mol. The number of hydrogen-bond acceptors (Lipinski definition) is 9. The number of pyridine rings is 2. The molecule has 7 heterocycles. The highest BCUT2D eigenvalue weighted by molar-refractivity contribution is 7.27. The molecule has 0 unspecified atom stereocenters. The van der Waals surface area contributed by atoms with Gasteiger partial charge in [0.05, 0.1) is 54.6 Å². The summed E-state index contributed by atoms with van der Waals surface area (Å²) in [5, 5.41) is 9.98. The molecule has 16 aromatic carbocycles. The lowest BCUT2D eigenvalue weighted by Crippen LogP contribution is -1.96. The maximum absolute atomic E-state index is 5.44. The predicted molar refractivity (Wildman–Crippen MR) is 504 cm³/mol. The SMILES string of the molecule is c1ccc(-c2ccc3nc(-c4ccc(-c5cc(-c6cccc(-c7cccc8c7sc7ccccc78)c6)nc(-c6ccccc6)n5)cc4)c4sc5ccccc5c4c3c2)cc1.c1ccc(-c2cccc(-c3ccc4nc(-c5cccc(-c6cccc(-c7cc(-c8ccccc8)nc(-c8ccccc8)n7)c6)c5)c5sc6ccccc6c5c4c3)c2)cc1. The summed E-state index contributed by atoms with van der Waals surface area (Å²) in [6.45, 7) is 0. The molecule has 0 saturated carbocycles. The third-order valence-corrected chi connectivity index (χ3v) is 26.1. The summed E-state index contributed by atoms with van der Waals surface area (Å²) in [7, 11) is 0. The normalized spacial score (nSPS) is 11.5. The highest BCUT2D eigenvalue weighted by Crippen LogP contribution is 2.48. The molecule has 0 aliphatic rings. The highest BCUT2D eigenvalue weighted by atomic mass is 32.1. The molecule has 23 rings (SSSR count). The van der Waals surface area contributed by atoms with Crippen LogP contribution in [0.25, 0.3) is 228 Å². The van der Waals surface area contributed by atoms with Crippen LogP contribution in [0.3, 0.4) is 0 Å². The van der Waals surface area contributed by atoms with Gasteiger partial charge in [0.2, 0.25) is 0 Å². The molecule has 0 saturated heterocycles. The molecule has 0 radical (unpaired) electrons. The second kappa shape index (κ2) is 30.4. The van der Waals surface area contributed by atoms with Gasteiger partial charge < -0.3 is 0 Å². The number of hydrogen-bond donors (Lipinski definition) is 0. The van der Waals surface area contributed by atoms with Crippen molar-refractivity contribution in [3.8, 4) is 146 Å². The number of rotatable bonds is 13. The van der Waals surface area contributed by atoms with Gasteiger partial charge in [-0.25, -0.2) is 29.9 Å². The number of benzene rings is 16. The van der Waals surface area contributed by atoms with E-state index < -0.39 is 0 Å². The molecule has 0 aliphatic heterocycles. The Morgan fingerprint density at radius 1 is 0.160 bits per heavy atom. The number of aromatic nitrogens is 6. The van der Waals surface area contributed by atoms with Gasteiger partial charge in [-0.1, -0.05) is 334 Å². The summed E-state index contributed by atoms with van der Waals surface area (Å²) in [5.41, 5.74) is 27.6. The zero-order valence-corrected chi connectivity index (χ0v) is 66.6. The van der Waals surface area contributed by atoms with Crippen molar-refractivity contribution in [2.75, 3.05) is 0 Å².